The molecule has 1 atom stereocenters. The zero-order chi connectivity index (χ0) is 23.6. The number of alkyl halides is 3. The molecule has 170 valence electrons. The molecule has 2 aromatic rings. The molecular weight excluding hydrogens is 448 g/mol. The number of nitrogens with one attached hydrogen (secondary N) is 1. The second-order valence-electron chi connectivity index (χ2n) is 7.39. The van der Waals surface area contributed by atoms with Crippen LogP contribution in [0.5, 0.6) is 0 Å². The fourth-order valence-corrected chi connectivity index (χ4v) is 3.45. The van der Waals surface area contributed by atoms with Crippen molar-refractivity contribution in [3.63, 3.8) is 0 Å². The van der Waals surface area contributed by atoms with Crippen LogP contribution in [-0.4, -0.2) is 30.1 Å². The summed E-state index contributed by atoms with van der Waals surface area (Å²) in [5, 5.41) is 4.52. The number of halogens is 5. The molecule has 0 aliphatic carbocycles. The van der Waals surface area contributed by atoms with Crippen LogP contribution in [0.1, 0.15) is 18.1 Å². The molecule has 1 saturated heterocycles. The maximum absolute atomic E-state index is 13.9. The van der Waals surface area contributed by atoms with Gasteiger partial charge >= 0.3 is 6.18 Å². The molecule has 3 rings (SSSR count). The van der Waals surface area contributed by atoms with Gasteiger partial charge in [0.25, 0.3) is 5.91 Å². The lowest BCUT2D eigenvalue weighted by molar-refractivity contribution is -0.140. The molecule has 1 amide bonds. The Balaban J connectivity index is 2.07. The topological polar surface area (TPSA) is 61.6 Å². The van der Waals surface area contributed by atoms with Crippen LogP contribution in [0.25, 0.3) is 5.70 Å². The van der Waals surface area contributed by atoms with Gasteiger partial charge in [0.15, 0.2) is 0 Å². The summed E-state index contributed by atoms with van der Waals surface area (Å²) >= 11 is 6.02. The molecule has 1 aliphatic heterocycles. The Labute approximate surface area is 187 Å². The molecule has 0 aromatic heterocycles. The van der Waals surface area contributed by atoms with Gasteiger partial charge in [-0.25, -0.2) is 10.2 Å². The van der Waals surface area contributed by atoms with Gasteiger partial charge in [-0.05, 0) is 49.4 Å². The Hall–Kier alpha value is -2.88. The van der Waals surface area contributed by atoms with Crippen LogP contribution in [0, 0.1) is 5.82 Å². The minimum absolute atomic E-state index is 0.00580. The van der Waals surface area contributed by atoms with Crippen molar-refractivity contribution >= 4 is 28.9 Å². The summed E-state index contributed by atoms with van der Waals surface area (Å²) in [6.07, 6.45) is -3.63. The zero-order valence-corrected chi connectivity index (χ0v) is 17.8. The predicted molar refractivity (Wildman–Crippen MR) is 116 cm³/mol. The SMILES string of the molecule is C=C(/C=C(/c1ccc(F)c(C(F)(F)F)c1)N(N)c1cccc(Cl)c1)C(=O)N1CNC(C)C1. The number of hydrazine groups is 1. The second-order valence-corrected chi connectivity index (χ2v) is 7.82. The Morgan fingerprint density at radius 1 is 1.31 bits per heavy atom. The summed E-state index contributed by atoms with van der Waals surface area (Å²) in [5.41, 5.74) is -1.14. The third-order valence-corrected chi connectivity index (χ3v) is 5.15. The quantitative estimate of drug-likeness (QED) is 0.222. The van der Waals surface area contributed by atoms with E-state index in [2.05, 4.69) is 11.9 Å². The van der Waals surface area contributed by atoms with Gasteiger partial charge in [0.1, 0.15) is 5.82 Å². The molecule has 10 heteroatoms. The number of carbonyl (C=O) groups excluding carboxylic acids is 1. The first kappa shape index (κ1) is 23.8. The molecule has 1 aliphatic rings. The van der Waals surface area contributed by atoms with Gasteiger partial charge in [-0.2, -0.15) is 13.2 Å². The first-order chi connectivity index (χ1) is 15.0. The van der Waals surface area contributed by atoms with E-state index in [1.807, 2.05) is 6.92 Å². The van der Waals surface area contributed by atoms with E-state index in [-0.39, 0.29) is 22.9 Å². The molecular formula is C22H21ClF4N4O. The molecule has 1 fully saturated rings. The summed E-state index contributed by atoms with van der Waals surface area (Å²) in [6.45, 7) is 6.46. The largest absolute Gasteiger partial charge is 0.419 e. The van der Waals surface area contributed by atoms with E-state index < -0.39 is 23.5 Å². The van der Waals surface area contributed by atoms with Gasteiger partial charge in [-0.15, -0.1) is 0 Å². The summed E-state index contributed by atoms with van der Waals surface area (Å²) in [4.78, 5) is 14.3. The van der Waals surface area contributed by atoms with Crippen LogP contribution >= 0.6 is 11.6 Å². The van der Waals surface area contributed by atoms with Gasteiger partial charge in [0.05, 0.1) is 23.6 Å². The van der Waals surface area contributed by atoms with Gasteiger partial charge in [-0.3, -0.25) is 15.1 Å². The van der Waals surface area contributed by atoms with Gasteiger partial charge in [0.2, 0.25) is 0 Å². The van der Waals surface area contributed by atoms with Crippen molar-refractivity contribution in [1.29, 1.82) is 0 Å². The average molecular weight is 469 g/mol. The third-order valence-electron chi connectivity index (χ3n) is 4.91. The number of hydrogen-bond acceptors (Lipinski definition) is 4. The molecule has 5 nitrogen and oxygen atoms in total. The molecule has 2 aromatic carbocycles. The van der Waals surface area contributed by atoms with E-state index in [9.17, 15) is 22.4 Å². The van der Waals surface area contributed by atoms with Crippen molar-refractivity contribution in [1.82, 2.24) is 10.2 Å². The van der Waals surface area contributed by atoms with Crippen molar-refractivity contribution in [2.24, 2.45) is 5.84 Å². The van der Waals surface area contributed by atoms with Gasteiger partial charge < -0.3 is 4.90 Å². The molecule has 0 radical (unpaired) electrons. The summed E-state index contributed by atoms with van der Waals surface area (Å²) in [7, 11) is 0. The van der Waals surface area contributed by atoms with Crippen LogP contribution in [-0.2, 0) is 11.0 Å². The van der Waals surface area contributed by atoms with Gasteiger partial charge in [-0.1, -0.05) is 24.2 Å². The molecule has 3 N–H and O–H groups in total. The first-order valence-electron chi connectivity index (χ1n) is 9.58. The highest BCUT2D eigenvalue weighted by Crippen LogP contribution is 2.35. The average Bonchev–Trinajstić information content (AvgIpc) is 3.16. The molecule has 0 spiro atoms. The number of benzene rings is 2. The van der Waals surface area contributed by atoms with E-state index in [1.165, 1.54) is 17.0 Å². The second kappa shape index (κ2) is 9.32. The van der Waals surface area contributed by atoms with Crippen LogP contribution in [0.3, 0.4) is 0 Å². The van der Waals surface area contributed by atoms with Crippen molar-refractivity contribution in [2.75, 3.05) is 18.2 Å². The highest BCUT2D eigenvalue weighted by atomic mass is 35.5. The summed E-state index contributed by atoms with van der Waals surface area (Å²) in [5.74, 6) is 4.39. The number of nitrogens with two attached hydrogens (primary N) is 1. The van der Waals surface area contributed by atoms with Crippen molar-refractivity contribution in [3.05, 3.63) is 82.7 Å². The summed E-state index contributed by atoms with van der Waals surface area (Å²) < 4.78 is 53.7. The number of amides is 1. The van der Waals surface area contributed by atoms with E-state index in [4.69, 9.17) is 17.4 Å². The highest BCUT2D eigenvalue weighted by molar-refractivity contribution is 6.30. The first-order valence-corrected chi connectivity index (χ1v) is 9.96. The van der Waals surface area contributed by atoms with E-state index >= 15 is 0 Å². The molecule has 1 heterocycles. The van der Waals surface area contributed by atoms with Crippen molar-refractivity contribution in [3.8, 4) is 0 Å². The van der Waals surface area contributed by atoms with Crippen molar-refractivity contribution in [2.45, 2.75) is 19.1 Å². The highest BCUT2D eigenvalue weighted by Gasteiger charge is 2.35. The normalized spacial score (nSPS) is 16.9. The lowest BCUT2D eigenvalue weighted by atomic mass is 10.0. The number of hydrogen-bond donors (Lipinski definition) is 2. The molecule has 32 heavy (non-hydrogen) atoms. The lowest BCUT2D eigenvalue weighted by Gasteiger charge is -2.24. The fourth-order valence-electron chi connectivity index (χ4n) is 3.27. The smallest absolute Gasteiger partial charge is 0.324 e. The van der Waals surface area contributed by atoms with Crippen LogP contribution in [0.2, 0.25) is 5.02 Å². The maximum atomic E-state index is 13.9. The van der Waals surface area contributed by atoms with Crippen LogP contribution < -0.4 is 16.2 Å². The van der Waals surface area contributed by atoms with E-state index in [0.29, 0.717) is 36.1 Å². The van der Waals surface area contributed by atoms with Crippen molar-refractivity contribution < 1.29 is 22.4 Å². The summed E-state index contributed by atoms with van der Waals surface area (Å²) in [6, 6.07) is 8.89. The van der Waals surface area contributed by atoms with Gasteiger partial charge in [0, 0.05) is 28.7 Å². The van der Waals surface area contributed by atoms with Crippen LogP contribution in [0.4, 0.5) is 23.2 Å². The number of nitrogens with zero attached hydrogens (tertiary/aromatic N) is 2. The number of carbonyl (C=O) groups is 1. The molecule has 0 bridgehead atoms. The Morgan fingerprint density at radius 3 is 2.62 bits per heavy atom. The third kappa shape index (κ3) is 5.29. The minimum atomic E-state index is -4.91. The Morgan fingerprint density at radius 2 is 2.03 bits per heavy atom. The molecule has 1 unspecified atom stereocenters. The fraction of sp³-hybridized carbons (Fsp3) is 0.227. The lowest BCUT2D eigenvalue weighted by Crippen LogP contribution is -2.32. The maximum Gasteiger partial charge on any atom is 0.419 e. The van der Waals surface area contributed by atoms with E-state index in [0.717, 1.165) is 11.1 Å². The predicted octanol–water partition coefficient (Wildman–Crippen LogP) is 4.55. The number of rotatable bonds is 5. The van der Waals surface area contributed by atoms with Crippen LogP contribution in [0.15, 0.2) is 60.7 Å². The zero-order valence-electron chi connectivity index (χ0n) is 17.1. The van der Waals surface area contributed by atoms with E-state index in [1.54, 1.807) is 18.2 Å². The Bertz CT molecular complexity index is 1070. The minimum Gasteiger partial charge on any atom is -0.324 e. The monoisotopic (exact) mass is 468 g/mol. The standard InChI is InChI=1S/C22H21ClF4N4O/c1-13(21(32)30-11-14(2)29-12-30)8-20(31(28)17-5-3-4-16(23)10-17)15-6-7-19(24)18(9-15)22(25,26)27/h3-10,14,29H,1,11-12,28H2,2H3/b20-8-. The Kier molecular flexibility index (Phi) is 6.92. The molecule has 0 saturated carbocycles. The number of anilines is 1.